The number of rotatable bonds is 7. The van der Waals surface area contributed by atoms with Crippen molar-refractivity contribution in [2.24, 2.45) is 0 Å². The molecule has 0 bridgehead atoms. The van der Waals surface area contributed by atoms with Gasteiger partial charge in [0.1, 0.15) is 5.75 Å². The molecule has 0 aliphatic rings. The number of sulfonamides is 1. The molecule has 146 valence electrons. The molecule has 0 heterocycles. The average Bonchev–Trinajstić information content (AvgIpc) is 2.69. The number of nitrogens with one attached hydrogen (secondary N) is 1. The SMILES string of the molecule is Cc1ccc(S(=O)(=O)NCC(Br)C(c2ccccc2)c2ccc(O)cc2)cc1. The molecule has 3 aromatic rings. The fourth-order valence-corrected chi connectivity index (χ4v) is 5.11. The fourth-order valence-electron chi connectivity index (χ4n) is 3.06. The first kappa shape index (κ1) is 20.6. The zero-order valence-electron chi connectivity index (χ0n) is 15.4. The monoisotopic (exact) mass is 459 g/mol. The van der Waals surface area contributed by atoms with Crippen molar-refractivity contribution in [2.45, 2.75) is 22.6 Å². The highest BCUT2D eigenvalue weighted by Gasteiger charge is 2.25. The van der Waals surface area contributed by atoms with Gasteiger partial charge in [-0.05, 0) is 42.3 Å². The molecule has 0 aliphatic carbocycles. The number of aromatic hydroxyl groups is 1. The summed E-state index contributed by atoms with van der Waals surface area (Å²) < 4.78 is 27.9. The second kappa shape index (κ2) is 8.90. The molecule has 0 fully saturated rings. The topological polar surface area (TPSA) is 66.4 Å². The molecule has 3 rings (SSSR count). The second-order valence-corrected chi connectivity index (χ2v) is 9.60. The molecule has 6 heteroatoms. The standard InChI is InChI=1S/C22H22BrNO3S/c1-16-7-13-20(14-8-16)28(26,27)24-15-21(23)22(17-5-3-2-4-6-17)18-9-11-19(25)12-10-18/h2-14,21-22,24-25H,15H2,1H3. The Bertz CT molecular complexity index is 1000. The van der Waals surface area contributed by atoms with Crippen molar-refractivity contribution in [2.75, 3.05) is 6.54 Å². The zero-order chi connectivity index (χ0) is 20.1. The molecule has 0 saturated carbocycles. The van der Waals surface area contributed by atoms with Crippen LogP contribution in [0.3, 0.4) is 0 Å². The van der Waals surface area contributed by atoms with Gasteiger partial charge in [-0.25, -0.2) is 13.1 Å². The normalized spacial score (nSPS) is 13.8. The Morgan fingerprint density at radius 2 is 1.46 bits per heavy atom. The number of phenols is 1. The molecule has 0 aliphatic heterocycles. The van der Waals surface area contributed by atoms with Crippen molar-refractivity contribution >= 4 is 26.0 Å². The number of aryl methyl sites for hydroxylation is 1. The maximum Gasteiger partial charge on any atom is 0.240 e. The highest BCUT2D eigenvalue weighted by atomic mass is 79.9. The third-order valence-electron chi connectivity index (χ3n) is 4.57. The van der Waals surface area contributed by atoms with Gasteiger partial charge in [-0.2, -0.15) is 0 Å². The van der Waals surface area contributed by atoms with Gasteiger partial charge >= 0.3 is 0 Å². The number of halogens is 1. The highest BCUT2D eigenvalue weighted by molar-refractivity contribution is 9.09. The van der Waals surface area contributed by atoms with Crippen molar-refractivity contribution in [1.29, 1.82) is 0 Å². The summed E-state index contributed by atoms with van der Waals surface area (Å²) in [7, 11) is -3.60. The van der Waals surface area contributed by atoms with Crippen LogP contribution in [0.15, 0.2) is 83.8 Å². The van der Waals surface area contributed by atoms with E-state index in [2.05, 4.69) is 20.7 Å². The van der Waals surface area contributed by atoms with E-state index in [-0.39, 0.29) is 27.9 Å². The molecule has 0 aromatic heterocycles. The summed E-state index contributed by atoms with van der Waals surface area (Å²) in [5.41, 5.74) is 3.05. The molecule has 2 N–H and O–H groups in total. The van der Waals surface area contributed by atoms with E-state index in [9.17, 15) is 13.5 Å². The molecule has 0 spiro atoms. The van der Waals surface area contributed by atoms with Gasteiger partial charge in [0.2, 0.25) is 10.0 Å². The van der Waals surface area contributed by atoms with Crippen LogP contribution in [-0.4, -0.2) is 24.9 Å². The van der Waals surface area contributed by atoms with Gasteiger partial charge in [-0.3, -0.25) is 0 Å². The van der Waals surface area contributed by atoms with Crippen LogP contribution in [0.1, 0.15) is 22.6 Å². The lowest BCUT2D eigenvalue weighted by Gasteiger charge is -2.24. The molecule has 4 nitrogen and oxygen atoms in total. The summed E-state index contributed by atoms with van der Waals surface area (Å²) in [5.74, 6) is 0.115. The summed E-state index contributed by atoms with van der Waals surface area (Å²) in [6, 6.07) is 23.7. The number of hydrogen-bond donors (Lipinski definition) is 2. The van der Waals surface area contributed by atoms with Crippen molar-refractivity contribution in [3.63, 3.8) is 0 Å². The van der Waals surface area contributed by atoms with Crippen LogP contribution >= 0.6 is 15.9 Å². The third-order valence-corrected chi connectivity index (χ3v) is 6.86. The number of benzene rings is 3. The summed E-state index contributed by atoms with van der Waals surface area (Å²) in [6.07, 6.45) is 0. The molecule has 0 radical (unpaired) electrons. The Morgan fingerprint density at radius 3 is 2.07 bits per heavy atom. The van der Waals surface area contributed by atoms with Crippen LogP contribution in [0, 0.1) is 6.92 Å². The highest BCUT2D eigenvalue weighted by Crippen LogP contribution is 2.33. The van der Waals surface area contributed by atoms with E-state index < -0.39 is 10.0 Å². The Balaban J connectivity index is 1.82. The van der Waals surface area contributed by atoms with Crippen molar-refractivity contribution in [3.8, 4) is 5.75 Å². The summed E-state index contributed by atoms with van der Waals surface area (Å²) in [5, 5.41) is 9.60. The Hall–Kier alpha value is -2.15. The van der Waals surface area contributed by atoms with Gasteiger partial charge in [0, 0.05) is 17.3 Å². The van der Waals surface area contributed by atoms with Crippen molar-refractivity contribution < 1.29 is 13.5 Å². The number of phenolic OH excluding ortho intramolecular Hbond substituents is 1. The van der Waals surface area contributed by atoms with Crippen molar-refractivity contribution in [3.05, 3.63) is 95.6 Å². The fraction of sp³-hybridized carbons (Fsp3) is 0.182. The van der Waals surface area contributed by atoms with E-state index in [4.69, 9.17) is 0 Å². The lowest BCUT2D eigenvalue weighted by molar-refractivity contribution is 0.475. The first-order valence-electron chi connectivity index (χ1n) is 8.91. The predicted octanol–water partition coefficient (Wildman–Crippen LogP) is 4.57. The minimum Gasteiger partial charge on any atom is -0.508 e. The maximum absolute atomic E-state index is 12.6. The molecule has 0 amide bonds. The Labute approximate surface area is 174 Å². The second-order valence-electron chi connectivity index (χ2n) is 6.66. The largest absolute Gasteiger partial charge is 0.508 e. The predicted molar refractivity (Wildman–Crippen MR) is 115 cm³/mol. The molecule has 0 saturated heterocycles. The lowest BCUT2D eigenvalue weighted by atomic mass is 9.88. The average molecular weight is 460 g/mol. The number of hydrogen-bond acceptors (Lipinski definition) is 3. The molecule has 2 unspecified atom stereocenters. The van der Waals surface area contributed by atoms with Crippen LogP contribution in [0.25, 0.3) is 0 Å². The minimum absolute atomic E-state index is 0.0810. The first-order chi connectivity index (χ1) is 13.4. The maximum atomic E-state index is 12.6. The Morgan fingerprint density at radius 1 is 0.893 bits per heavy atom. The molecule has 2 atom stereocenters. The van der Waals surface area contributed by atoms with Gasteiger partial charge < -0.3 is 5.11 Å². The van der Waals surface area contributed by atoms with Crippen LogP contribution in [0.4, 0.5) is 0 Å². The summed E-state index contributed by atoms with van der Waals surface area (Å²) in [6.45, 7) is 2.14. The number of alkyl halides is 1. The van der Waals surface area contributed by atoms with Crippen molar-refractivity contribution in [1.82, 2.24) is 4.72 Å². The van der Waals surface area contributed by atoms with Crippen LogP contribution in [-0.2, 0) is 10.0 Å². The van der Waals surface area contributed by atoms with Gasteiger partial charge in [0.15, 0.2) is 0 Å². The van der Waals surface area contributed by atoms with Gasteiger partial charge in [0.05, 0.1) is 4.90 Å². The van der Waals surface area contributed by atoms with Gasteiger partial charge in [-0.15, -0.1) is 0 Å². The molecular formula is C22H22BrNO3S. The van der Waals surface area contributed by atoms with Gasteiger partial charge in [0.25, 0.3) is 0 Å². The minimum atomic E-state index is -3.60. The Kier molecular flexibility index (Phi) is 6.54. The van der Waals surface area contributed by atoms with E-state index in [1.165, 1.54) is 0 Å². The molecule has 3 aromatic carbocycles. The smallest absolute Gasteiger partial charge is 0.240 e. The van der Waals surface area contributed by atoms with Gasteiger partial charge in [-0.1, -0.05) is 76.1 Å². The first-order valence-corrected chi connectivity index (χ1v) is 11.3. The summed E-state index contributed by atoms with van der Waals surface area (Å²) >= 11 is 3.68. The van der Waals surface area contributed by atoms with Crippen LogP contribution in [0.5, 0.6) is 5.75 Å². The van der Waals surface area contributed by atoms with E-state index in [1.54, 1.807) is 36.4 Å². The van der Waals surface area contributed by atoms with Crippen LogP contribution < -0.4 is 4.72 Å². The van der Waals surface area contributed by atoms with E-state index in [0.717, 1.165) is 16.7 Å². The van der Waals surface area contributed by atoms with Crippen LogP contribution in [0.2, 0.25) is 0 Å². The van der Waals surface area contributed by atoms with E-state index >= 15 is 0 Å². The third kappa shape index (κ3) is 5.01. The molecular weight excluding hydrogens is 438 g/mol. The molecule has 28 heavy (non-hydrogen) atoms. The lowest BCUT2D eigenvalue weighted by Crippen LogP contribution is -2.32. The summed E-state index contributed by atoms with van der Waals surface area (Å²) in [4.78, 5) is 0.0679. The van der Waals surface area contributed by atoms with E-state index in [0.29, 0.717) is 0 Å². The zero-order valence-corrected chi connectivity index (χ0v) is 17.8. The quantitative estimate of drug-likeness (QED) is 0.508. The van der Waals surface area contributed by atoms with E-state index in [1.807, 2.05) is 49.4 Å².